The number of carbonyl (C=O) groups excluding carboxylic acids is 1. The smallest absolute Gasteiger partial charge is 0.419 e. The Morgan fingerprint density at radius 2 is 1.95 bits per heavy atom. The first kappa shape index (κ1) is 17.3. The summed E-state index contributed by atoms with van der Waals surface area (Å²) < 4.78 is 43.5. The van der Waals surface area contributed by atoms with E-state index < -0.39 is 23.7 Å². The van der Waals surface area contributed by atoms with Gasteiger partial charge in [-0.2, -0.15) is 13.2 Å². The van der Waals surface area contributed by atoms with Gasteiger partial charge in [-0.1, -0.05) is 26.0 Å². The summed E-state index contributed by atoms with van der Waals surface area (Å²) in [5.41, 5.74) is 4.39. The maximum atomic E-state index is 12.8. The summed E-state index contributed by atoms with van der Waals surface area (Å²) in [5.74, 6) is -0.811. The monoisotopic (exact) mass is 304 g/mol. The van der Waals surface area contributed by atoms with Crippen LogP contribution in [0.25, 0.3) is 0 Å². The molecule has 0 fully saturated rings. The number of ether oxygens (including phenoxy) is 1. The van der Waals surface area contributed by atoms with E-state index in [2.05, 4.69) is 5.32 Å². The van der Waals surface area contributed by atoms with Crippen LogP contribution in [0, 0.1) is 0 Å². The molecule has 0 aliphatic carbocycles. The van der Waals surface area contributed by atoms with Crippen molar-refractivity contribution in [2.24, 2.45) is 5.73 Å². The Hall–Kier alpha value is -1.76. The molecule has 0 aliphatic rings. The van der Waals surface area contributed by atoms with Crippen LogP contribution in [0.3, 0.4) is 0 Å². The molecule has 1 amide bonds. The molecular weight excluding hydrogens is 285 g/mol. The molecule has 0 saturated heterocycles. The number of benzene rings is 1. The van der Waals surface area contributed by atoms with Crippen LogP contribution in [0.5, 0.6) is 5.75 Å². The summed E-state index contributed by atoms with van der Waals surface area (Å²) in [6.45, 7) is 3.64. The van der Waals surface area contributed by atoms with E-state index in [1.54, 1.807) is 0 Å². The molecule has 0 aliphatic heterocycles. The summed E-state index contributed by atoms with van der Waals surface area (Å²) >= 11 is 0. The van der Waals surface area contributed by atoms with Crippen LogP contribution in [0.4, 0.5) is 13.2 Å². The van der Waals surface area contributed by atoms with Crippen LogP contribution in [0.2, 0.25) is 0 Å². The van der Waals surface area contributed by atoms with E-state index in [1.807, 2.05) is 13.8 Å². The van der Waals surface area contributed by atoms with Gasteiger partial charge in [0.25, 0.3) is 0 Å². The Balaban J connectivity index is 2.65. The van der Waals surface area contributed by atoms with E-state index >= 15 is 0 Å². The molecule has 0 heterocycles. The number of halogens is 3. The second-order valence-corrected chi connectivity index (χ2v) is 4.91. The van der Waals surface area contributed by atoms with Crippen molar-refractivity contribution >= 4 is 5.91 Å². The minimum Gasteiger partial charge on any atom is -0.493 e. The Labute approximate surface area is 121 Å². The van der Waals surface area contributed by atoms with Crippen molar-refractivity contribution in [3.8, 4) is 5.75 Å². The molecule has 1 aromatic rings. The molecule has 1 atom stereocenters. The zero-order chi connectivity index (χ0) is 16.0. The summed E-state index contributed by atoms with van der Waals surface area (Å²) in [6, 6.07) is 4.35. The highest BCUT2D eigenvalue weighted by Gasteiger charge is 2.34. The van der Waals surface area contributed by atoms with Gasteiger partial charge >= 0.3 is 6.18 Å². The van der Waals surface area contributed by atoms with Crippen molar-refractivity contribution in [1.82, 2.24) is 5.32 Å². The zero-order valence-electron chi connectivity index (χ0n) is 11.9. The number of alkyl halides is 3. The number of nitrogens with two attached hydrogens (primary N) is 1. The molecule has 0 saturated carbocycles. The van der Waals surface area contributed by atoms with Crippen molar-refractivity contribution in [2.75, 3.05) is 6.61 Å². The highest BCUT2D eigenvalue weighted by atomic mass is 19.4. The van der Waals surface area contributed by atoms with E-state index in [9.17, 15) is 18.0 Å². The largest absolute Gasteiger partial charge is 0.493 e. The first-order valence-corrected chi connectivity index (χ1v) is 6.56. The average Bonchev–Trinajstić information content (AvgIpc) is 2.36. The van der Waals surface area contributed by atoms with Gasteiger partial charge in [-0.15, -0.1) is 0 Å². The van der Waals surface area contributed by atoms with E-state index in [1.165, 1.54) is 18.2 Å². The number of hydrogen-bond donors (Lipinski definition) is 2. The molecule has 0 radical (unpaired) electrons. The second kappa shape index (κ2) is 7.31. The van der Waals surface area contributed by atoms with Crippen molar-refractivity contribution < 1.29 is 22.7 Å². The number of para-hydroxylation sites is 1. The molecule has 4 nitrogen and oxygen atoms in total. The standard InChI is InChI=1S/C14H19F3N2O2/c1-9(2)19-11(13(18)20)7-8-21-12-6-4-3-5-10(12)14(15,16)17/h3-6,9,11,19H,7-8H2,1-2H3,(H2,18,20). The number of hydrogen-bond acceptors (Lipinski definition) is 3. The van der Waals surface area contributed by atoms with Crippen LogP contribution in [0.15, 0.2) is 24.3 Å². The molecule has 21 heavy (non-hydrogen) atoms. The van der Waals surface area contributed by atoms with Crippen LogP contribution in [-0.2, 0) is 11.0 Å². The fourth-order valence-electron chi connectivity index (χ4n) is 1.82. The number of nitrogens with one attached hydrogen (secondary N) is 1. The van der Waals surface area contributed by atoms with Gasteiger partial charge in [0, 0.05) is 12.5 Å². The van der Waals surface area contributed by atoms with E-state index in [4.69, 9.17) is 10.5 Å². The van der Waals surface area contributed by atoms with Crippen molar-refractivity contribution in [2.45, 2.75) is 38.5 Å². The predicted octanol–water partition coefficient (Wildman–Crippen LogP) is 2.33. The molecule has 1 rings (SSSR count). The number of rotatable bonds is 7. The zero-order valence-corrected chi connectivity index (χ0v) is 11.9. The molecular formula is C14H19F3N2O2. The van der Waals surface area contributed by atoms with Crippen molar-refractivity contribution in [1.29, 1.82) is 0 Å². The quantitative estimate of drug-likeness (QED) is 0.812. The highest BCUT2D eigenvalue weighted by molar-refractivity contribution is 5.79. The SMILES string of the molecule is CC(C)NC(CCOc1ccccc1C(F)(F)F)C(N)=O. The van der Waals surface area contributed by atoms with E-state index in [0.717, 1.165) is 6.07 Å². The minimum atomic E-state index is -4.48. The van der Waals surface area contributed by atoms with Gasteiger partial charge < -0.3 is 15.8 Å². The Kier molecular flexibility index (Phi) is 6.02. The van der Waals surface area contributed by atoms with Gasteiger partial charge in [0.2, 0.25) is 5.91 Å². The third-order valence-electron chi connectivity index (χ3n) is 2.73. The van der Waals surface area contributed by atoms with Crippen molar-refractivity contribution in [3.63, 3.8) is 0 Å². The molecule has 0 aromatic heterocycles. The van der Waals surface area contributed by atoms with Crippen LogP contribution < -0.4 is 15.8 Å². The van der Waals surface area contributed by atoms with Crippen LogP contribution in [-0.4, -0.2) is 24.6 Å². The molecule has 7 heteroatoms. The number of primary amides is 1. The molecule has 1 aromatic carbocycles. The van der Waals surface area contributed by atoms with Crippen molar-refractivity contribution in [3.05, 3.63) is 29.8 Å². The topological polar surface area (TPSA) is 64.3 Å². The molecule has 1 unspecified atom stereocenters. The molecule has 3 N–H and O–H groups in total. The highest BCUT2D eigenvalue weighted by Crippen LogP contribution is 2.35. The molecule has 0 spiro atoms. The fraction of sp³-hybridized carbons (Fsp3) is 0.500. The molecule has 118 valence electrons. The predicted molar refractivity (Wildman–Crippen MR) is 72.8 cm³/mol. The second-order valence-electron chi connectivity index (χ2n) is 4.91. The first-order chi connectivity index (χ1) is 9.71. The Morgan fingerprint density at radius 3 is 2.48 bits per heavy atom. The van der Waals surface area contributed by atoms with Gasteiger partial charge in [-0.25, -0.2) is 0 Å². The van der Waals surface area contributed by atoms with Crippen LogP contribution >= 0.6 is 0 Å². The lowest BCUT2D eigenvalue weighted by molar-refractivity contribution is -0.139. The van der Waals surface area contributed by atoms with Gasteiger partial charge in [0.1, 0.15) is 5.75 Å². The lowest BCUT2D eigenvalue weighted by Gasteiger charge is -2.19. The van der Waals surface area contributed by atoms with Gasteiger partial charge in [-0.05, 0) is 12.1 Å². The summed E-state index contributed by atoms with van der Waals surface area (Å²) in [4.78, 5) is 11.2. The Bertz CT molecular complexity index is 476. The maximum Gasteiger partial charge on any atom is 0.419 e. The average molecular weight is 304 g/mol. The lowest BCUT2D eigenvalue weighted by atomic mass is 10.1. The van der Waals surface area contributed by atoms with E-state index in [-0.39, 0.29) is 24.8 Å². The minimum absolute atomic E-state index is 0.0324. The Morgan fingerprint density at radius 1 is 1.33 bits per heavy atom. The normalized spacial score (nSPS) is 13.2. The lowest BCUT2D eigenvalue weighted by Crippen LogP contribution is -2.45. The fourth-order valence-corrected chi connectivity index (χ4v) is 1.82. The number of carbonyl (C=O) groups is 1. The summed E-state index contributed by atoms with van der Waals surface area (Å²) in [5, 5.41) is 2.93. The van der Waals surface area contributed by atoms with Gasteiger partial charge in [0.15, 0.2) is 0 Å². The third-order valence-corrected chi connectivity index (χ3v) is 2.73. The van der Waals surface area contributed by atoms with Crippen LogP contribution in [0.1, 0.15) is 25.8 Å². The van der Waals surface area contributed by atoms with Gasteiger partial charge in [0.05, 0.1) is 18.2 Å². The summed E-state index contributed by atoms with van der Waals surface area (Å²) in [6.07, 6.45) is -4.28. The maximum absolute atomic E-state index is 12.8. The number of amides is 1. The van der Waals surface area contributed by atoms with E-state index in [0.29, 0.717) is 0 Å². The molecule has 0 bridgehead atoms. The van der Waals surface area contributed by atoms with Gasteiger partial charge in [-0.3, -0.25) is 4.79 Å². The summed E-state index contributed by atoms with van der Waals surface area (Å²) in [7, 11) is 0. The third kappa shape index (κ3) is 5.63. The first-order valence-electron chi connectivity index (χ1n) is 6.56.